The summed E-state index contributed by atoms with van der Waals surface area (Å²) in [6.45, 7) is 0. The van der Waals surface area contributed by atoms with Crippen LogP contribution in [0, 0.1) is 5.92 Å². The van der Waals surface area contributed by atoms with Gasteiger partial charge >= 0.3 is 6.18 Å². The van der Waals surface area contributed by atoms with Crippen LogP contribution in [-0.2, 0) is 6.18 Å². The fraction of sp³-hybridized carbons (Fsp3) is 0.304. The maximum Gasteiger partial charge on any atom is 0.433 e. The van der Waals surface area contributed by atoms with Gasteiger partial charge in [-0.3, -0.25) is 9.78 Å². The molecule has 0 atom stereocenters. The lowest BCUT2D eigenvalue weighted by atomic mass is 9.82. The zero-order valence-corrected chi connectivity index (χ0v) is 17.1. The van der Waals surface area contributed by atoms with Crippen LogP contribution in [0.1, 0.15) is 41.7 Å². The summed E-state index contributed by atoms with van der Waals surface area (Å²) in [5.41, 5.74) is 13.2. The maximum absolute atomic E-state index is 12.8. The van der Waals surface area contributed by atoms with Gasteiger partial charge in [0.25, 0.3) is 0 Å². The highest BCUT2D eigenvalue weighted by Crippen LogP contribution is 2.31. The van der Waals surface area contributed by atoms with Crippen LogP contribution in [0.25, 0.3) is 22.5 Å². The fourth-order valence-corrected chi connectivity index (χ4v) is 3.87. The lowest BCUT2D eigenvalue weighted by molar-refractivity contribution is -0.141. The first-order valence-electron chi connectivity index (χ1n) is 10.3. The molecule has 0 spiro atoms. The molecule has 6 nitrogen and oxygen atoms in total. The summed E-state index contributed by atoms with van der Waals surface area (Å²) in [6, 6.07) is 9.37. The van der Waals surface area contributed by atoms with Crippen LogP contribution in [0.5, 0.6) is 0 Å². The van der Waals surface area contributed by atoms with Crippen molar-refractivity contribution in [3.05, 3.63) is 60.0 Å². The van der Waals surface area contributed by atoms with Crippen molar-refractivity contribution in [3.8, 4) is 22.5 Å². The van der Waals surface area contributed by atoms with Gasteiger partial charge in [0.1, 0.15) is 17.2 Å². The van der Waals surface area contributed by atoms with Crippen molar-refractivity contribution in [1.29, 1.82) is 0 Å². The van der Waals surface area contributed by atoms with Gasteiger partial charge in [-0.25, -0.2) is 9.97 Å². The molecule has 0 amide bonds. The minimum absolute atomic E-state index is 0.00395. The van der Waals surface area contributed by atoms with E-state index in [9.17, 15) is 18.0 Å². The summed E-state index contributed by atoms with van der Waals surface area (Å²) in [7, 11) is 0. The molecule has 166 valence electrons. The molecule has 3 aromatic rings. The topological polar surface area (TPSA) is 108 Å². The number of hydrogen-bond acceptors (Lipinski definition) is 6. The summed E-state index contributed by atoms with van der Waals surface area (Å²) in [5.74, 6) is 0.191. The molecule has 2 heterocycles. The quantitative estimate of drug-likeness (QED) is 0.577. The number of nitrogens with two attached hydrogens (primary N) is 2. The van der Waals surface area contributed by atoms with E-state index >= 15 is 0 Å². The molecule has 1 aliphatic carbocycles. The molecule has 1 fully saturated rings. The summed E-state index contributed by atoms with van der Waals surface area (Å²) < 4.78 is 38.3. The van der Waals surface area contributed by atoms with Crippen LogP contribution in [0.15, 0.2) is 48.8 Å². The number of ketones is 1. The predicted molar refractivity (Wildman–Crippen MR) is 114 cm³/mol. The van der Waals surface area contributed by atoms with Gasteiger partial charge in [0.15, 0.2) is 5.78 Å². The first-order chi connectivity index (χ1) is 15.2. The summed E-state index contributed by atoms with van der Waals surface area (Å²) >= 11 is 0. The third kappa shape index (κ3) is 4.62. The molecule has 1 aliphatic rings. The average molecular weight is 441 g/mol. The smallest absolute Gasteiger partial charge is 0.382 e. The van der Waals surface area contributed by atoms with Crippen molar-refractivity contribution >= 4 is 11.6 Å². The van der Waals surface area contributed by atoms with Crippen LogP contribution in [0.2, 0.25) is 0 Å². The molecule has 1 aromatic carbocycles. The Balaban J connectivity index is 1.56. The molecular formula is C23H22F3N5O. The Kier molecular flexibility index (Phi) is 5.92. The molecular weight excluding hydrogens is 419 g/mol. The van der Waals surface area contributed by atoms with E-state index in [-0.39, 0.29) is 29.3 Å². The van der Waals surface area contributed by atoms with Crippen molar-refractivity contribution in [3.63, 3.8) is 0 Å². The summed E-state index contributed by atoms with van der Waals surface area (Å²) in [6.07, 6.45) is 1.35. The van der Waals surface area contributed by atoms with Crippen molar-refractivity contribution in [2.45, 2.75) is 37.9 Å². The van der Waals surface area contributed by atoms with E-state index in [1.165, 1.54) is 12.3 Å². The third-order valence-electron chi connectivity index (χ3n) is 5.74. The Morgan fingerprint density at radius 1 is 0.906 bits per heavy atom. The normalized spacial score (nSPS) is 19.0. The number of nitrogens with zero attached hydrogens (tertiary/aromatic N) is 3. The second-order valence-corrected chi connectivity index (χ2v) is 7.97. The van der Waals surface area contributed by atoms with E-state index in [4.69, 9.17) is 11.5 Å². The van der Waals surface area contributed by atoms with Crippen LogP contribution in [-0.4, -0.2) is 26.8 Å². The van der Waals surface area contributed by atoms with Gasteiger partial charge in [-0.15, -0.1) is 0 Å². The van der Waals surface area contributed by atoms with E-state index in [0.29, 0.717) is 22.4 Å². The second kappa shape index (κ2) is 8.66. The lowest BCUT2D eigenvalue weighted by Gasteiger charge is -2.25. The highest BCUT2D eigenvalue weighted by atomic mass is 19.4. The number of carbonyl (C=O) groups is 1. The highest BCUT2D eigenvalue weighted by molar-refractivity contribution is 5.98. The van der Waals surface area contributed by atoms with E-state index in [1.807, 2.05) is 0 Å². The van der Waals surface area contributed by atoms with Gasteiger partial charge in [0, 0.05) is 34.8 Å². The molecule has 32 heavy (non-hydrogen) atoms. The second-order valence-electron chi connectivity index (χ2n) is 7.97. The minimum atomic E-state index is -4.53. The molecule has 0 radical (unpaired) electrons. The summed E-state index contributed by atoms with van der Waals surface area (Å²) in [4.78, 5) is 24.8. The van der Waals surface area contributed by atoms with Gasteiger partial charge in [-0.05, 0) is 37.8 Å². The number of benzene rings is 1. The van der Waals surface area contributed by atoms with Crippen molar-refractivity contribution in [1.82, 2.24) is 15.0 Å². The van der Waals surface area contributed by atoms with E-state index < -0.39 is 11.9 Å². The number of Topliss-reactive ketones (excluding diaryl/α,β-unsaturated/α-hetero) is 1. The Bertz CT molecular complexity index is 1110. The zero-order valence-electron chi connectivity index (χ0n) is 17.1. The standard InChI is InChI=1S/C23H22F3N5O/c24-23(25,26)19-10-7-16(11-29-19)20-22(28)30-12-18(31-20)13-1-3-14(4-2-13)21(32)15-5-8-17(27)9-6-15/h1-4,7,10-12,15,17H,5-6,8-9,27H2,(H2,28,30). The molecule has 2 aromatic heterocycles. The Morgan fingerprint density at radius 3 is 2.16 bits per heavy atom. The number of rotatable bonds is 4. The molecule has 0 unspecified atom stereocenters. The molecule has 0 bridgehead atoms. The van der Waals surface area contributed by atoms with Crippen LogP contribution >= 0.6 is 0 Å². The Morgan fingerprint density at radius 2 is 1.56 bits per heavy atom. The van der Waals surface area contributed by atoms with E-state index in [0.717, 1.165) is 37.9 Å². The number of alkyl halides is 3. The fourth-order valence-electron chi connectivity index (χ4n) is 3.87. The first kappa shape index (κ1) is 21.9. The van der Waals surface area contributed by atoms with Gasteiger partial charge in [0.05, 0.1) is 11.9 Å². The molecule has 1 saturated carbocycles. The molecule has 4 rings (SSSR count). The van der Waals surface area contributed by atoms with Crippen LogP contribution < -0.4 is 11.5 Å². The van der Waals surface area contributed by atoms with Gasteiger partial charge in [0.2, 0.25) is 0 Å². The monoisotopic (exact) mass is 441 g/mol. The number of carbonyl (C=O) groups excluding carboxylic acids is 1. The zero-order chi connectivity index (χ0) is 22.9. The number of hydrogen-bond donors (Lipinski definition) is 2. The minimum Gasteiger partial charge on any atom is -0.382 e. The number of pyridine rings is 1. The summed E-state index contributed by atoms with van der Waals surface area (Å²) in [5, 5.41) is 0. The number of aromatic nitrogens is 3. The van der Waals surface area contributed by atoms with Crippen molar-refractivity contribution in [2.24, 2.45) is 11.7 Å². The van der Waals surface area contributed by atoms with Crippen LogP contribution in [0.3, 0.4) is 0 Å². The van der Waals surface area contributed by atoms with Gasteiger partial charge < -0.3 is 11.5 Å². The maximum atomic E-state index is 12.8. The van der Waals surface area contributed by atoms with E-state index in [1.54, 1.807) is 24.3 Å². The van der Waals surface area contributed by atoms with Crippen molar-refractivity contribution < 1.29 is 18.0 Å². The third-order valence-corrected chi connectivity index (χ3v) is 5.74. The van der Waals surface area contributed by atoms with E-state index in [2.05, 4.69) is 15.0 Å². The molecule has 0 saturated heterocycles. The molecule has 9 heteroatoms. The average Bonchev–Trinajstić information content (AvgIpc) is 2.79. The van der Waals surface area contributed by atoms with Gasteiger partial charge in [-0.1, -0.05) is 24.3 Å². The number of anilines is 1. The van der Waals surface area contributed by atoms with Crippen molar-refractivity contribution in [2.75, 3.05) is 5.73 Å². The molecule has 4 N–H and O–H groups in total. The Labute approximate surface area is 182 Å². The van der Waals surface area contributed by atoms with Crippen LogP contribution in [0.4, 0.5) is 19.0 Å². The first-order valence-corrected chi connectivity index (χ1v) is 10.3. The van der Waals surface area contributed by atoms with Gasteiger partial charge in [-0.2, -0.15) is 13.2 Å². The molecule has 0 aliphatic heterocycles. The largest absolute Gasteiger partial charge is 0.433 e. The Hall–Kier alpha value is -3.33. The lowest BCUT2D eigenvalue weighted by Crippen LogP contribution is -2.29. The predicted octanol–water partition coefficient (Wildman–Crippen LogP) is 4.51. The number of halogens is 3. The highest BCUT2D eigenvalue weighted by Gasteiger charge is 2.32. The SMILES string of the molecule is Nc1ncc(-c2ccc(C(=O)C3CCC(N)CC3)cc2)nc1-c1ccc(C(F)(F)F)nc1. The number of nitrogen functional groups attached to an aromatic ring is 1.